The molecule has 0 aromatic heterocycles. The number of hydrogen-bond donors (Lipinski definition) is 1. The fourth-order valence-electron chi connectivity index (χ4n) is 3.50. The van der Waals surface area contributed by atoms with Gasteiger partial charge in [0.1, 0.15) is 6.04 Å². The number of nitrogens with one attached hydrogen (secondary N) is 1. The minimum atomic E-state index is -3.75. The standard InChI is InChI=1S/C21H24ClN3O4S/c1-15(25(30(2,28)29)17-11-9-16(22)10-12-17)20(26)23-19-8-4-3-7-18(19)21(27)24-13-5-6-14-24/h3-4,7-12,15H,5-6,13-14H2,1-2H3,(H,23,26). The molecule has 30 heavy (non-hydrogen) atoms. The van der Waals surface area contributed by atoms with E-state index in [1.807, 2.05) is 0 Å². The van der Waals surface area contributed by atoms with E-state index in [2.05, 4.69) is 5.32 Å². The van der Waals surface area contributed by atoms with Gasteiger partial charge in [-0.15, -0.1) is 0 Å². The molecule has 2 aromatic carbocycles. The first kappa shape index (κ1) is 22.1. The molecular weight excluding hydrogens is 426 g/mol. The molecule has 1 fully saturated rings. The summed E-state index contributed by atoms with van der Waals surface area (Å²) < 4.78 is 25.9. The fraction of sp³-hybridized carbons (Fsp3) is 0.333. The largest absolute Gasteiger partial charge is 0.339 e. The molecule has 0 radical (unpaired) electrons. The highest BCUT2D eigenvalue weighted by Gasteiger charge is 2.30. The first-order chi connectivity index (χ1) is 14.2. The van der Waals surface area contributed by atoms with E-state index in [9.17, 15) is 18.0 Å². The van der Waals surface area contributed by atoms with E-state index in [0.29, 0.717) is 35.1 Å². The average molecular weight is 450 g/mol. The highest BCUT2D eigenvalue weighted by Crippen LogP contribution is 2.25. The summed E-state index contributed by atoms with van der Waals surface area (Å²) in [6.07, 6.45) is 2.96. The van der Waals surface area contributed by atoms with Gasteiger partial charge in [0.2, 0.25) is 15.9 Å². The summed E-state index contributed by atoms with van der Waals surface area (Å²) in [5.74, 6) is -0.689. The number of benzene rings is 2. The van der Waals surface area contributed by atoms with Crippen molar-refractivity contribution in [2.75, 3.05) is 29.0 Å². The summed E-state index contributed by atoms with van der Waals surface area (Å²) in [6, 6.07) is 11.9. The van der Waals surface area contributed by atoms with Crippen LogP contribution in [0.25, 0.3) is 0 Å². The molecule has 1 atom stereocenters. The third-order valence-corrected chi connectivity index (χ3v) is 6.47. The third-order valence-electron chi connectivity index (χ3n) is 4.98. The molecule has 2 amide bonds. The molecule has 0 aliphatic carbocycles. The number of halogens is 1. The van der Waals surface area contributed by atoms with Crippen molar-refractivity contribution in [3.63, 3.8) is 0 Å². The van der Waals surface area contributed by atoms with Gasteiger partial charge < -0.3 is 10.2 Å². The van der Waals surface area contributed by atoms with Gasteiger partial charge in [0, 0.05) is 18.1 Å². The van der Waals surface area contributed by atoms with Gasteiger partial charge in [-0.3, -0.25) is 13.9 Å². The topological polar surface area (TPSA) is 86.8 Å². The van der Waals surface area contributed by atoms with Crippen LogP contribution in [0.15, 0.2) is 48.5 Å². The Labute approximate surface area is 181 Å². The number of hydrogen-bond acceptors (Lipinski definition) is 4. The molecule has 1 N–H and O–H groups in total. The molecule has 2 aromatic rings. The Morgan fingerprint density at radius 2 is 1.67 bits per heavy atom. The van der Waals surface area contributed by atoms with Crippen LogP contribution >= 0.6 is 11.6 Å². The Balaban J connectivity index is 1.85. The van der Waals surface area contributed by atoms with Gasteiger partial charge in [-0.05, 0) is 56.2 Å². The van der Waals surface area contributed by atoms with Crippen LogP contribution in [0, 0.1) is 0 Å². The zero-order chi connectivity index (χ0) is 21.9. The zero-order valence-electron chi connectivity index (χ0n) is 16.8. The number of anilines is 2. The lowest BCUT2D eigenvalue weighted by atomic mass is 10.1. The van der Waals surface area contributed by atoms with Crippen LogP contribution in [0.3, 0.4) is 0 Å². The van der Waals surface area contributed by atoms with Crippen molar-refractivity contribution in [2.24, 2.45) is 0 Å². The molecule has 0 saturated carbocycles. The second kappa shape index (κ2) is 9.06. The van der Waals surface area contributed by atoms with Crippen molar-refractivity contribution >= 4 is 44.8 Å². The van der Waals surface area contributed by atoms with Crippen molar-refractivity contribution in [3.05, 3.63) is 59.1 Å². The SMILES string of the molecule is CC(C(=O)Nc1ccccc1C(=O)N1CCCC1)N(c1ccc(Cl)cc1)S(C)(=O)=O. The smallest absolute Gasteiger partial charge is 0.255 e. The Morgan fingerprint density at radius 1 is 1.07 bits per heavy atom. The molecular formula is C21H24ClN3O4S. The molecule has 1 aliphatic rings. The predicted octanol–water partition coefficient (Wildman–Crippen LogP) is 3.37. The predicted molar refractivity (Wildman–Crippen MR) is 118 cm³/mol. The highest BCUT2D eigenvalue weighted by molar-refractivity contribution is 7.92. The van der Waals surface area contributed by atoms with E-state index >= 15 is 0 Å². The van der Waals surface area contributed by atoms with Gasteiger partial charge in [-0.25, -0.2) is 8.42 Å². The number of sulfonamides is 1. The van der Waals surface area contributed by atoms with Gasteiger partial charge in [-0.2, -0.15) is 0 Å². The van der Waals surface area contributed by atoms with Crippen LogP contribution in [0.1, 0.15) is 30.1 Å². The van der Waals surface area contributed by atoms with Gasteiger partial charge >= 0.3 is 0 Å². The number of rotatable bonds is 6. The molecule has 9 heteroatoms. The highest BCUT2D eigenvalue weighted by atomic mass is 35.5. The second-order valence-electron chi connectivity index (χ2n) is 7.25. The van der Waals surface area contributed by atoms with Gasteiger partial charge in [0.05, 0.1) is 23.2 Å². The summed E-state index contributed by atoms with van der Waals surface area (Å²) in [5, 5.41) is 3.19. The Bertz CT molecular complexity index is 1030. The van der Waals surface area contributed by atoms with Crippen molar-refractivity contribution in [1.29, 1.82) is 0 Å². The van der Waals surface area contributed by atoms with E-state index in [1.54, 1.807) is 41.3 Å². The Kier molecular flexibility index (Phi) is 6.67. The molecule has 1 aliphatic heterocycles. The van der Waals surface area contributed by atoms with Crippen LogP contribution in [0.4, 0.5) is 11.4 Å². The van der Waals surface area contributed by atoms with E-state index in [4.69, 9.17) is 11.6 Å². The first-order valence-electron chi connectivity index (χ1n) is 9.62. The average Bonchev–Trinajstić information content (AvgIpc) is 3.23. The normalized spacial score (nSPS) is 15.0. The fourth-order valence-corrected chi connectivity index (χ4v) is 4.80. The number of carbonyl (C=O) groups is 2. The van der Waals surface area contributed by atoms with Crippen LogP contribution in [0.5, 0.6) is 0 Å². The quantitative estimate of drug-likeness (QED) is 0.732. The van der Waals surface area contributed by atoms with E-state index in [-0.39, 0.29) is 5.91 Å². The Morgan fingerprint density at radius 3 is 2.27 bits per heavy atom. The van der Waals surface area contributed by atoms with Crippen molar-refractivity contribution in [1.82, 2.24) is 4.90 Å². The van der Waals surface area contributed by atoms with E-state index in [1.165, 1.54) is 19.1 Å². The first-order valence-corrected chi connectivity index (χ1v) is 11.9. The maximum atomic E-state index is 13.0. The number of nitrogens with zero attached hydrogens (tertiary/aromatic N) is 2. The summed E-state index contributed by atoms with van der Waals surface area (Å²) in [7, 11) is -3.75. The second-order valence-corrected chi connectivity index (χ2v) is 9.54. The zero-order valence-corrected chi connectivity index (χ0v) is 18.4. The van der Waals surface area contributed by atoms with Crippen molar-refractivity contribution in [2.45, 2.75) is 25.8 Å². The van der Waals surface area contributed by atoms with E-state index in [0.717, 1.165) is 23.4 Å². The molecule has 1 saturated heterocycles. The molecule has 1 unspecified atom stereocenters. The molecule has 0 bridgehead atoms. The van der Waals surface area contributed by atoms with Gasteiger partial charge in [0.25, 0.3) is 5.91 Å². The summed E-state index contributed by atoms with van der Waals surface area (Å²) in [6.45, 7) is 2.88. The maximum Gasteiger partial charge on any atom is 0.255 e. The molecule has 3 rings (SSSR count). The lowest BCUT2D eigenvalue weighted by molar-refractivity contribution is -0.116. The van der Waals surface area contributed by atoms with Crippen LogP contribution in [0.2, 0.25) is 5.02 Å². The van der Waals surface area contributed by atoms with Crippen molar-refractivity contribution < 1.29 is 18.0 Å². The van der Waals surface area contributed by atoms with Gasteiger partial charge in [0.15, 0.2) is 0 Å². The molecule has 7 nitrogen and oxygen atoms in total. The Hall–Kier alpha value is -2.58. The molecule has 0 spiro atoms. The summed E-state index contributed by atoms with van der Waals surface area (Å²) in [5.41, 5.74) is 1.07. The third kappa shape index (κ3) is 4.94. The minimum Gasteiger partial charge on any atom is -0.339 e. The maximum absolute atomic E-state index is 13.0. The minimum absolute atomic E-state index is 0.145. The number of para-hydroxylation sites is 1. The molecule has 1 heterocycles. The summed E-state index contributed by atoms with van der Waals surface area (Å²) >= 11 is 5.90. The lowest BCUT2D eigenvalue weighted by Gasteiger charge is -2.28. The van der Waals surface area contributed by atoms with Gasteiger partial charge in [-0.1, -0.05) is 23.7 Å². The lowest BCUT2D eigenvalue weighted by Crippen LogP contribution is -2.45. The van der Waals surface area contributed by atoms with Crippen LogP contribution < -0.4 is 9.62 Å². The van der Waals surface area contributed by atoms with Crippen molar-refractivity contribution in [3.8, 4) is 0 Å². The molecule has 160 valence electrons. The monoisotopic (exact) mass is 449 g/mol. The number of carbonyl (C=O) groups excluding carboxylic acids is 2. The van der Waals surface area contributed by atoms with Crippen LogP contribution in [-0.4, -0.2) is 50.5 Å². The van der Waals surface area contributed by atoms with E-state index < -0.39 is 22.0 Å². The van der Waals surface area contributed by atoms with Crippen LogP contribution in [-0.2, 0) is 14.8 Å². The number of amides is 2. The number of likely N-dealkylation sites (tertiary alicyclic amines) is 1. The summed E-state index contributed by atoms with van der Waals surface area (Å²) in [4.78, 5) is 27.5.